The molecule has 1 aromatic rings. The third-order valence-corrected chi connectivity index (χ3v) is 2.32. The number of carboxylic acid groups (broad SMARTS) is 1. The van der Waals surface area contributed by atoms with Crippen LogP contribution in [0.1, 0.15) is 10.4 Å². The average molecular weight is 281 g/mol. The number of rotatable bonds is 6. The van der Waals surface area contributed by atoms with Gasteiger partial charge in [0.25, 0.3) is 5.91 Å². The smallest absolute Gasteiger partial charge is 0.322 e. The molecule has 2 amide bonds. The van der Waals surface area contributed by atoms with Crippen LogP contribution in [0, 0.1) is 0 Å². The van der Waals surface area contributed by atoms with E-state index in [0.717, 1.165) is 0 Å². The van der Waals surface area contributed by atoms with Crippen molar-refractivity contribution in [2.24, 2.45) is 0 Å². The summed E-state index contributed by atoms with van der Waals surface area (Å²) < 4.78 is 5.01. The molecule has 0 saturated carbocycles. The number of hydrogen-bond donors (Lipinski definition) is 4. The highest BCUT2D eigenvalue weighted by atomic mass is 16.5. The minimum atomic E-state index is -1.16. The number of benzene rings is 1. The van der Waals surface area contributed by atoms with Crippen molar-refractivity contribution in [2.75, 3.05) is 25.9 Å². The standard InChI is InChI=1S/C12H15N3O5/c1-20-9-4-7(13)2-3-8(9)12(19)15-5-10(16)14-6-11(17)18/h2-4H,5-6,13H2,1H3,(H,14,16)(H,15,19)(H,17,18). The number of carboxylic acids is 1. The number of carbonyl (C=O) groups is 3. The number of nitrogens with one attached hydrogen (secondary N) is 2. The summed E-state index contributed by atoms with van der Waals surface area (Å²) in [7, 11) is 1.39. The van der Waals surface area contributed by atoms with Gasteiger partial charge in [0, 0.05) is 11.8 Å². The Balaban J connectivity index is 2.59. The van der Waals surface area contributed by atoms with Gasteiger partial charge in [0.15, 0.2) is 0 Å². The van der Waals surface area contributed by atoms with Crippen molar-refractivity contribution < 1.29 is 24.2 Å². The summed E-state index contributed by atoms with van der Waals surface area (Å²) in [5, 5.41) is 12.9. The average Bonchev–Trinajstić information content (AvgIpc) is 2.42. The largest absolute Gasteiger partial charge is 0.496 e. The number of ether oxygens (including phenoxy) is 1. The second-order valence-corrected chi connectivity index (χ2v) is 3.81. The summed E-state index contributed by atoms with van der Waals surface area (Å²) >= 11 is 0. The Labute approximate surface area is 114 Å². The maximum absolute atomic E-state index is 11.9. The molecule has 0 spiro atoms. The third kappa shape index (κ3) is 4.48. The minimum absolute atomic E-state index is 0.229. The zero-order chi connectivity index (χ0) is 15.1. The van der Waals surface area contributed by atoms with E-state index in [9.17, 15) is 14.4 Å². The SMILES string of the molecule is COc1cc(N)ccc1C(=O)NCC(=O)NCC(=O)O. The van der Waals surface area contributed by atoms with Gasteiger partial charge in [-0.05, 0) is 12.1 Å². The molecular formula is C12H15N3O5. The van der Waals surface area contributed by atoms with Gasteiger partial charge in [0.2, 0.25) is 5.91 Å². The van der Waals surface area contributed by atoms with E-state index >= 15 is 0 Å². The Kier molecular flexibility index (Phi) is 5.33. The van der Waals surface area contributed by atoms with Crippen LogP contribution in [-0.4, -0.2) is 43.1 Å². The van der Waals surface area contributed by atoms with E-state index in [1.807, 2.05) is 0 Å². The van der Waals surface area contributed by atoms with Gasteiger partial charge in [-0.3, -0.25) is 14.4 Å². The lowest BCUT2D eigenvalue weighted by Gasteiger charge is -2.09. The van der Waals surface area contributed by atoms with Crippen LogP contribution in [0.4, 0.5) is 5.69 Å². The van der Waals surface area contributed by atoms with E-state index in [-0.39, 0.29) is 17.9 Å². The summed E-state index contributed by atoms with van der Waals surface area (Å²) in [6.07, 6.45) is 0. The maximum atomic E-state index is 11.9. The number of anilines is 1. The van der Waals surface area contributed by atoms with Crippen molar-refractivity contribution in [3.8, 4) is 5.75 Å². The van der Waals surface area contributed by atoms with Crippen molar-refractivity contribution in [3.05, 3.63) is 23.8 Å². The predicted octanol–water partition coefficient (Wildman–Crippen LogP) is -0.792. The highest BCUT2D eigenvalue weighted by Crippen LogP contribution is 2.21. The first-order chi connectivity index (χ1) is 9.43. The lowest BCUT2D eigenvalue weighted by molar-refractivity contribution is -0.137. The first kappa shape index (κ1) is 15.3. The number of nitrogen functional groups attached to an aromatic ring is 1. The second kappa shape index (κ2) is 6.98. The van der Waals surface area contributed by atoms with Gasteiger partial charge in [0.1, 0.15) is 12.3 Å². The summed E-state index contributed by atoms with van der Waals surface area (Å²) in [5.74, 6) is -2.00. The van der Waals surface area contributed by atoms with Crippen LogP contribution < -0.4 is 21.1 Å². The molecule has 0 heterocycles. The Morgan fingerprint density at radius 2 is 1.95 bits per heavy atom. The van der Waals surface area contributed by atoms with Gasteiger partial charge >= 0.3 is 5.97 Å². The number of aliphatic carboxylic acids is 1. The fourth-order valence-corrected chi connectivity index (χ4v) is 1.39. The lowest BCUT2D eigenvalue weighted by Crippen LogP contribution is -2.39. The van der Waals surface area contributed by atoms with E-state index in [2.05, 4.69) is 10.6 Å². The van der Waals surface area contributed by atoms with E-state index < -0.39 is 24.3 Å². The highest BCUT2D eigenvalue weighted by Gasteiger charge is 2.13. The molecule has 5 N–H and O–H groups in total. The predicted molar refractivity (Wildman–Crippen MR) is 70.4 cm³/mol. The Hall–Kier alpha value is -2.77. The number of hydrogen-bond acceptors (Lipinski definition) is 5. The number of amides is 2. The van der Waals surface area contributed by atoms with Crippen molar-refractivity contribution in [2.45, 2.75) is 0 Å². The molecular weight excluding hydrogens is 266 g/mol. The number of nitrogens with two attached hydrogens (primary N) is 1. The summed E-state index contributed by atoms with van der Waals surface area (Å²) in [4.78, 5) is 33.3. The van der Waals surface area contributed by atoms with E-state index in [1.54, 1.807) is 0 Å². The molecule has 8 heteroatoms. The van der Waals surface area contributed by atoms with E-state index in [0.29, 0.717) is 5.69 Å². The summed E-state index contributed by atoms with van der Waals surface area (Å²) in [6.45, 7) is -0.834. The van der Waals surface area contributed by atoms with Crippen LogP contribution in [0.2, 0.25) is 0 Å². The molecule has 108 valence electrons. The molecule has 0 radical (unpaired) electrons. The molecule has 0 atom stereocenters. The second-order valence-electron chi connectivity index (χ2n) is 3.81. The van der Waals surface area contributed by atoms with Gasteiger partial charge in [-0.15, -0.1) is 0 Å². The lowest BCUT2D eigenvalue weighted by atomic mass is 10.1. The van der Waals surface area contributed by atoms with E-state index in [1.165, 1.54) is 25.3 Å². The molecule has 1 rings (SSSR count). The van der Waals surface area contributed by atoms with Gasteiger partial charge in [-0.2, -0.15) is 0 Å². The quantitative estimate of drug-likeness (QED) is 0.505. The molecule has 1 aromatic carbocycles. The van der Waals surface area contributed by atoms with Crippen molar-refractivity contribution >= 4 is 23.5 Å². The van der Waals surface area contributed by atoms with Gasteiger partial charge < -0.3 is 26.2 Å². The highest BCUT2D eigenvalue weighted by molar-refractivity contribution is 5.99. The molecule has 0 bridgehead atoms. The molecule has 0 aliphatic heterocycles. The van der Waals surface area contributed by atoms with Crippen LogP contribution >= 0.6 is 0 Å². The zero-order valence-corrected chi connectivity index (χ0v) is 10.8. The number of carbonyl (C=O) groups excluding carboxylic acids is 2. The summed E-state index contributed by atoms with van der Waals surface area (Å²) in [5.41, 5.74) is 6.23. The Morgan fingerprint density at radius 3 is 2.55 bits per heavy atom. The Bertz CT molecular complexity index is 530. The fourth-order valence-electron chi connectivity index (χ4n) is 1.39. The van der Waals surface area contributed by atoms with Crippen LogP contribution in [0.5, 0.6) is 5.75 Å². The Morgan fingerprint density at radius 1 is 1.25 bits per heavy atom. The molecule has 0 fully saturated rings. The van der Waals surface area contributed by atoms with Gasteiger partial charge in [0.05, 0.1) is 19.2 Å². The monoisotopic (exact) mass is 281 g/mol. The molecule has 0 aliphatic carbocycles. The molecule has 0 aliphatic rings. The topological polar surface area (TPSA) is 131 Å². The van der Waals surface area contributed by atoms with Crippen LogP contribution in [0.25, 0.3) is 0 Å². The molecule has 0 unspecified atom stereocenters. The van der Waals surface area contributed by atoms with Crippen LogP contribution in [0.15, 0.2) is 18.2 Å². The molecule has 8 nitrogen and oxygen atoms in total. The summed E-state index contributed by atoms with van der Waals surface area (Å²) in [6, 6.07) is 4.49. The fraction of sp³-hybridized carbons (Fsp3) is 0.250. The van der Waals surface area contributed by atoms with E-state index in [4.69, 9.17) is 15.6 Å². The van der Waals surface area contributed by atoms with Gasteiger partial charge in [-0.25, -0.2) is 0 Å². The first-order valence-electron chi connectivity index (χ1n) is 5.64. The van der Waals surface area contributed by atoms with Crippen LogP contribution in [-0.2, 0) is 9.59 Å². The van der Waals surface area contributed by atoms with Crippen molar-refractivity contribution in [3.63, 3.8) is 0 Å². The first-order valence-corrected chi connectivity index (χ1v) is 5.64. The van der Waals surface area contributed by atoms with Crippen molar-refractivity contribution in [1.29, 1.82) is 0 Å². The molecule has 20 heavy (non-hydrogen) atoms. The van der Waals surface area contributed by atoms with Crippen molar-refractivity contribution in [1.82, 2.24) is 10.6 Å². The van der Waals surface area contributed by atoms with Crippen LogP contribution in [0.3, 0.4) is 0 Å². The maximum Gasteiger partial charge on any atom is 0.322 e. The zero-order valence-electron chi connectivity index (χ0n) is 10.8. The normalized spacial score (nSPS) is 9.65. The molecule has 0 aromatic heterocycles. The third-order valence-electron chi connectivity index (χ3n) is 2.32. The minimum Gasteiger partial charge on any atom is -0.496 e. The number of methoxy groups -OCH3 is 1. The van der Waals surface area contributed by atoms with Gasteiger partial charge in [-0.1, -0.05) is 0 Å². The molecule has 0 saturated heterocycles.